The fourth-order valence-electron chi connectivity index (χ4n) is 0.371. The summed E-state index contributed by atoms with van der Waals surface area (Å²) in [6.45, 7) is 4.11. The Morgan fingerprint density at radius 1 is 1.70 bits per heavy atom. The molecule has 4 nitrogen and oxygen atoms in total. The van der Waals surface area contributed by atoms with Crippen LogP contribution in [0.15, 0.2) is 4.99 Å². The van der Waals surface area contributed by atoms with Crippen LogP contribution in [0.4, 0.5) is 4.79 Å². The van der Waals surface area contributed by atoms with E-state index in [9.17, 15) is 4.79 Å². The van der Waals surface area contributed by atoms with Crippen LogP contribution in [0, 0.1) is 0 Å². The van der Waals surface area contributed by atoms with Gasteiger partial charge in [0.25, 0.3) is 0 Å². The molecule has 0 rings (SSSR count). The molecule has 0 aliphatic rings. The molecule has 0 aliphatic carbocycles. The van der Waals surface area contributed by atoms with Crippen molar-refractivity contribution in [3.05, 3.63) is 0 Å². The molecule has 0 fully saturated rings. The predicted molar refractivity (Wildman–Crippen MR) is 41.0 cm³/mol. The first kappa shape index (κ1) is 8.94. The maximum absolute atomic E-state index is 10.8. The lowest BCUT2D eigenvalue weighted by Crippen LogP contribution is -2.25. The summed E-state index contributed by atoms with van der Waals surface area (Å²) >= 11 is 0. The van der Waals surface area contributed by atoms with Crippen LogP contribution in [0.2, 0.25) is 0 Å². The van der Waals surface area contributed by atoms with Crippen molar-refractivity contribution in [1.82, 2.24) is 4.90 Å². The fourth-order valence-corrected chi connectivity index (χ4v) is 0.371. The van der Waals surface area contributed by atoms with Gasteiger partial charge in [0.1, 0.15) is 5.84 Å². The van der Waals surface area contributed by atoms with Gasteiger partial charge in [-0.25, -0.2) is 4.79 Å². The van der Waals surface area contributed by atoms with Crippen LogP contribution in [0.25, 0.3) is 0 Å². The van der Waals surface area contributed by atoms with Gasteiger partial charge < -0.3 is 10.6 Å². The predicted octanol–water partition coefficient (Wildman–Crippen LogP) is 0.435. The van der Waals surface area contributed by atoms with Crippen LogP contribution in [-0.2, 0) is 0 Å². The van der Waals surface area contributed by atoms with Gasteiger partial charge in [-0.3, -0.25) is 0 Å². The molecule has 58 valence electrons. The number of carbonyl (C=O) groups excluding carboxylic acids is 1. The Labute approximate surface area is 60.7 Å². The molecule has 2 amide bonds. The van der Waals surface area contributed by atoms with Crippen molar-refractivity contribution in [3.8, 4) is 0 Å². The average Bonchev–Trinajstić information content (AvgIpc) is 1.85. The molecule has 0 unspecified atom stereocenters. The van der Waals surface area contributed by atoms with Gasteiger partial charge in [-0.05, 0) is 13.8 Å². The summed E-state index contributed by atoms with van der Waals surface area (Å²) in [5, 5.41) is 0. The molecule has 2 N–H and O–H groups in total. The van der Waals surface area contributed by atoms with Gasteiger partial charge >= 0.3 is 6.03 Å². The number of carbonyl (C=O) groups is 1. The molecule has 0 atom stereocenters. The number of nitrogens with zero attached hydrogens (tertiary/aromatic N) is 2. The number of hydrogen-bond donors (Lipinski definition) is 1. The van der Waals surface area contributed by atoms with E-state index in [1.807, 2.05) is 6.92 Å². The summed E-state index contributed by atoms with van der Waals surface area (Å²) in [6.07, 6.45) is 0. The molecule has 0 aromatic rings. The highest BCUT2D eigenvalue weighted by Crippen LogP contribution is 1.86. The van der Waals surface area contributed by atoms with E-state index in [1.165, 1.54) is 4.90 Å². The first-order valence-corrected chi connectivity index (χ1v) is 3.13. The Hall–Kier alpha value is -1.06. The molecule has 0 heterocycles. The summed E-state index contributed by atoms with van der Waals surface area (Å²) in [7, 11) is 1.68. The van der Waals surface area contributed by atoms with Crippen LogP contribution < -0.4 is 5.73 Å². The van der Waals surface area contributed by atoms with Gasteiger partial charge in [-0.2, -0.15) is 4.99 Å². The van der Waals surface area contributed by atoms with Gasteiger partial charge in [0.15, 0.2) is 0 Å². The second-order valence-electron chi connectivity index (χ2n) is 2.05. The largest absolute Gasteiger partial charge is 0.387 e. The summed E-state index contributed by atoms with van der Waals surface area (Å²) in [5.74, 6) is 0.297. The van der Waals surface area contributed by atoms with Crippen molar-refractivity contribution in [1.29, 1.82) is 0 Å². The fraction of sp³-hybridized carbons (Fsp3) is 0.667. The Kier molecular flexibility index (Phi) is 3.46. The number of nitrogens with two attached hydrogens (primary N) is 1. The van der Waals surface area contributed by atoms with Gasteiger partial charge in [0.05, 0.1) is 0 Å². The third kappa shape index (κ3) is 3.06. The number of amidine groups is 1. The topological polar surface area (TPSA) is 58.7 Å². The normalized spacial score (nSPS) is 11.3. The zero-order valence-electron chi connectivity index (χ0n) is 6.59. The van der Waals surface area contributed by atoms with Crippen LogP contribution >= 0.6 is 0 Å². The molecule has 0 aliphatic heterocycles. The second kappa shape index (κ2) is 3.87. The van der Waals surface area contributed by atoms with E-state index in [2.05, 4.69) is 4.99 Å². The van der Waals surface area contributed by atoms with Gasteiger partial charge in [-0.15, -0.1) is 0 Å². The molecule has 0 saturated carbocycles. The molecule has 0 radical (unpaired) electrons. The van der Waals surface area contributed by atoms with Crippen LogP contribution in [0.1, 0.15) is 13.8 Å². The third-order valence-electron chi connectivity index (χ3n) is 1.07. The van der Waals surface area contributed by atoms with E-state index < -0.39 is 0 Å². The van der Waals surface area contributed by atoms with Crippen LogP contribution in [-0.4, -0.2) is 30.4 Å². The summed E-state index contributed by atoms with van der Waals surface area (Å²) < 4.78 is 0. The lowest BCUT2D eigenvalue weighted by molar-refractivity contribution is 0.221. The number of rotatable bonds is 1. The van der Waals surface area contributed by atoms with E-state index in [0.29, 0.717) is 12.4 Å². The SMILES string of the molecule is CCN(C)C(=O)N=C(C)N. The van der Waals surface area contributed by atoms with E-state index in [-0.39, 0.29) is 6.03 Å². The molecule has 0 aromatic carbocycles. The Balaban J connectivity index is 3.97. The number of urea groups is 1. The molecule has 0 spiro atoms. The Morgan fingerprint density at radius 2 is 2.20 bits per heavy atom. The minimum atomic E-state index is -0.289. The zero-order valence-corrected chi connectivity index (χ0v) is 6.59. The van der Waals surface area contributed by atoms with Crippen LogP contribution in [0.5, 0.6) is 0 Å². The number of hydrogen-bond acceptors (Lipinski definition) is 1. The van der Waals surface area contributed by atoms with Crippen molar-refractivity contribution >= 4 is 11.9 Å². The number of aliphatic imine (C=N–C) groups is 1. The molecule has 0 bridgehead atoms. The van der Waals surface area contributed by atoms with E-state index in [4.69, 9.17) is 5.73 Å². The lowest BCUT2D eigenvalue weighted by Gasteiger charge is -2.09. The lowest BCUT2D eigenvalue weighted by atomic mass is 10.6. The summed E-state index contributed by atoms with van der Waals surface area (Å²) in [4.78, 5) is 15.9. The molecule has 10 heavy (non-hydrogen) atoms. The monoisotopic (exact) mass is 143 g/mol. The highest BCUT2D eigenvalue weighted by atomic mass is 16.2. The molecule has 0 aromatic heterocycles. The average molecular weight is 143 g/mol. The first-order valence-electron chi connectivity index (χ1n) is 3.13. The van der Waals surface area contributed by atoms with Gasteiger partial charge in [0, 0.05) is 13.6 Å². The zero-order chi connectivity index (χ0) is 8.15. The van der Waals surface area contributed by atoms with Crippen molar-refractivity contribution in [3.63, 3.8) is 0 Å². The van der Waals surface area contributed by atoms with Gasteiger partial charge in [0.2, 0.25) is 0 Å². The minimum absolute atomic E-state index is 0.289. The highest BCUT2D eigenvalue weighted by Gasteiger charge is 2.02. The van der Waals surface area contributed by atoms with E-state index in [0.717, 1.165) is 0 Å². The highest BCUT2D eigenvalue weighted by molar-refractivity contribution is 5.91. The molecular formula is C6H13N3O. The van der Waals surface area contributed by atoms with Crippen molar-refractivity contribution in [2.24, 2.45) is 10.7 Å². The molecule has 0 saturated heterocycles. The van der Waals surface area contributed by atoms with Crippen LogP contribution in [0.3, 0.4) is 0 Å². The third-order valence-corrected chi connectivity index (χ3v) is 1.07. The second-order valence-corrected chi connectivity index (χ2v) is 2.05. The quantitative estimate of drug-likeness (QED) is 0.427. The maximum Gasteiger partial charge on any atom is 0.344 e. The van der Waals surface area contributed by atoms with Crippen molar-refractivity contribution in [2.45, 2.75) is 13.8 Å². The minimum Gasteiger partial charge on any atom is -0.387 e. The van der Waals surface area contributed by atoms with E-state index in [1.54, 1.807) is 14.0 Å². The summed E-state index contributed by atoms with van der Waals surface area (Å²) in [5.41, 5.74) is 5.19. The van der Waals surface area contributed by atoms with Gasteiger partial charge in [-0.1, -0.05) is 0 Å². The van der Waals surface area contributed by atoms with E-state index >= 15 is 0 Å². The van der Waals surface area contributed by atoms with Crippen molar-refractivity contribution < 1.29 is 4.79 Å². The number of amides is 2. The Morgan fingerprint density at radius 3 is 2.50 bits per heavy atom. The Bertz CT molecular complexity index is 149. The van der Waals surface area contributed by atoms with Crippen molar-refractivity contribution in [2.75, 3.05) is 13.6 Å². The smallest absolute Gasteiger partial charge is 0.344 e. The standard InChI is InChI=1S/C6H13N3O/c1-4-9(3)6(10)8-5(2)7/h4H2,1-3H3,(H2,7,8,10). The maximum atomic E-state index is 10.8. The first-order chi connectivity index (χ1) is 4.57. The molecule has 4 heteroatoms. The molecular weight excluding hydrogens is 130 g/mol. The summed E-state index contributed by atoms with van der Waals surface area (Å²) in [6, 6.07) is -0.289.